The highest BCUT2D eigenvalue weighted by molar-refractivity contribution is 5.39. The van der Waals surface area contributed by atoms with Gasteiger partial charge in [0.05, 0.1) is 12.7 Å². The SMILES string of the molecule is Nc1ncccc1C(O)CCOc1ccccc1. The number of nitrogens with two attached hydrogens (primary N) is 1. The quantitative estimate of drug-likeness (QED) is 0.845. The standard InChI is InChI=1S/C14H16N2O2/c15-14-12(7-4-9-16-14)13(17)8-10-18-11-5-2-1-3-6-11/h1-7,9,13,17H,8,10H2,(H2,15,16). The van der Waals surface area contributed by atoms with Crippen LogP contribution in [0.5, 0.6) is 5.75 Å². The van der Waals surface area contributed by atoms with Crippen LogP contribution in [0.1, 0.15) is 18.1 Å². The smallest absolute Gasteiger partial charge is 0.129 e. The minimum absolute atomic E-state index is 0.365. The Bertz CT molecular complexity index is 488. The molecule has 0 aliphatic rings. The molecule has 0 bridgehead atoms. The second-order valence-electron chi connectivity index (χ2n) is 3.94. The van der Waals surface area contributed by atoms with E-state index in [1.54, 1.807) is 18.3 Å². The van der Waals surface area contributed by atoms with E-state index in [2.05, 4.69) is 4.98 Å². The van der Waals surface area contributed by atoms with Gasteiger partial charge in [0.25, 0.3) is 0 Å². The molecule has 0 aliphatic heterocycles. The summed E-state index contributed by atoms with van der Waals surface area (Å²) in [5, 5.41) is 9.98. The van der Waals surface area contributed by atoms with E-state index in [9.17, 15) is 5.11 Å². The van der Waals surface area contributed by atoms with Crippen molar-refractivity contribution in [1.82, 2.24) is 4.98 Å². The Morgan fingerprint density at radius 1 is 1.17 bits per heavy atom. The van der Waals surface area contributed by atoms with Gasteiger partial charge in [-0.15, -0.1) is 0 Å². The number of anilines is 1. The summed E-state index contributed by atoms with van der Waals surface area (Å²) < 4.78 is 5.52. The lowest BCUT2D eigenvalue weighted by molar-refractivity contribution is 0.141. The molecule has 18 heavy (non-hydrogen) atoms. The summed E-state index contributed by atoms with van der Waals surface area (Å²) in [4.78, 5) is 3.94. The number of rotatable bonds is 5. The van der Waals surface area contributed by atoms with Crippen LogP contribution >= 0.6 is 0 Å². The first-order valence-corrected chi connectivity index (χ1v) is 5.83. The summed E-state index contributed by atoms with van der Waals surface area (Å²) in [6.07, 6.45) is 1.43. The number of para-hydroxylation sites is 1. The second kappa shape index (κ2) is 6.02. The van der Waals surface area contributed by atoms with E-state index in [4.69, 9.17) is 10.5 Å². The summed E-state index contributed by atoms with van der Waals surface area (Å²) in [6.45, 7) is 0.430. The molecule has 2 aromatic rings. The molecule has 1 heterocycles. The Morgan fingerprint density at radius 3 is 2.67 bits per heavy atom. The Kier molecular flexibility index (Phi) is 4.15. The third-order valence-corrected chi connectivity index (χ3v) is 2.63. The highest BCUT2D eigenvalue weighted by Crippen LogP contribution is 2.21. The summed E-state index contributed by atoms with van der Waals surface area (Å²) in [5.74, 6) is 1.16. The van der Waals surface area contributed by atoms with Gasteiger partial charge in [0.1, 0.15) is 11.6 Å². The van der Waals surface area contributed by atoms with Crippen LogP contribution in [0.4, 0.5) is 5.82 Å². The number of aliphatic hydroxyl groups excluding tert-OH is 1. The number of aliphatic hydroxyl groups is 1. The summed E-state index contributed by atoms with van der Waals surface area (Å²) in [6, 6.07) is 13.0. The third kappa shape index (κ3) is 3.21. The maximum Gasteiger partial charge on any atom is 0.129 e. The normalized spacial score (nSPS) is 12.1. The van der Waals surface area contributed by atoms with Crippen molar-refractivity contribution in [3.63, 3.8) is 0 Å². The van der Waals surface area contributed by atoms with Gasteiger partial charge in [-0.3, -0.25) is 0 Å². The average Bonchev–Trinajstić information content (AvgIpc) is 2.40. The van der Waals surface area contributed by atoms with Crippen molar-refractivity contribution in [2.75, 3.05) is 12.3 Å². The molecule has 3 N–H and O–H groups in total. The molecule has 4 nitrogen and oxygen atoms in total. The van der Waals surface area contributed by atoms with Crippen LogP contribution in [0.3, 0.4) is 0 Å². The predicted octanol–water partition coefficient (Wildman–Crippen LogP) is 2.17. The Balaban J connectivity index is 1.86. The molecular formula is C14H16N2O2. The summed E-state index contributed by atoms with van der Waals surface area (Å²) in [7, 11) is 0. The van der Waals surface area contributed by atoms with Crippen LogP contribution in [-0.2, 0) is 0 Å². The lowest BCUT2D eigenvalue weighted by atomic mass is 10.1. The molecule has 0 aliphatic carbocycles. The number of pyridine rings is 1. The Hall–Kier alpha value is -2.07. The van der Waals surface area contributed by atoms with Crippen LogP contribution in [0.15, 0.2) is 48.7 Å². The lowest BCUT2D eigenvalue weighted by Gasteiger charge is -2.13. The zero-order valence-electron chi connectivity index (χ0n) is 9.99. The number of hydrogen-bond donors (Lipinski definition) is 2. The fourth-order valence-corrected chi connectivity index (χ4v) is 1.67. The van der Waals surface area contributed by atoms with Crippen molar-refractivity contribution in [2.24, 2.45) is 0 Å². The van der Waals surface area contributed by atoms with E-state index in [0.717, 1.165) is 5.75 Å². The van der Waals surface area contributed by atoms with Crippen molar-refractivity contribution >= 4 is 5.82 Å². The summed E-state index contributed by atoms with van der Waals surface area (Å²) >= 11 is 0. The van der Waals surface area contributed by atoms with Gasteiger partial charge in [0.2, 0.25) is 0 Å². The molecule has 1 aromatic heterocycles. The number of benzene rings is 1. The van der Waals surface area contributed by atoms with E-state index in [1.807, 2.05) is 30.3 Å². The zero-order chi connectivity index (χ0) is 12.8. The molecule has 0 radical (unpaired) electrons. The van der Waals surface area contributed by atoms with E-state index in [0.29, 0.717) is 24.4 Å². The molecule has 1 atom stereocenters. The molecule has 0 saturated heterocycles. The van der Waals surface area contributed by atoms with Crippen LogP contribution in [0.2, 0.25) is 0 Å². The fourth-order valence-electron chi connectivity index (χ4n) is 1.67. The van der Waals surface area contributed by atoms with E-state index >= 15 is 0 Å². The van der Waals surface area contributed by atoms with Gasteiger partial charge < -0.3 is 15.6 Å². The third-order valence-electron chi connectivity index (χ3n) is 2.63. The van der Waals surface area contributed by atoms with Crippen molar-refractivity contribution in [3.8, 4) is 5.75 Å². The highest BCUT2D eigenvalue weighted by atomic mass is 16.5. The molecule has 0 spiro atoms. The largest absolute Gasteiger partial charge is 0.493 e. The number of aromatic nitrogens is 1. The monoisotopic (exact) mass is 244 g/mol. The topological polar surface area (TPSA) is 68.4 Å². The highest BCUT2D eigenvalue weighted by Gasteiger charge is 2.11. The van der Waals surface area contributed by atoms with Gasteiger partial charge in [-0.05, 0) is 18.2 Å². The van der Waals surface area contributed by atoms with Gasteiger partial charge in [0, 0.05) is 18.2 Å². The molecule has 0 fully saturated rings. The molecule has 1 aromatic carbocycles. The molecule has 1 unspecified atom stereocenters. The Morgan fingerprint density at radius 2 is 1.94 bits per heavy atom. The van der Waals surface area contributed by atoms with Gasteiger partial charge in [0.15, 0.2) is 0 Å². The first kappa shape index (κ1) is 12.4. The zero-order valence-corrected chi connectivity index (χ0v) is 9.99. The summed E-state index contributed by atoms with van der Waals surface area (Å²) in [5.41, 5.74) is 6.34. The average molecular weight is 244 g/mol. The fraction of sp³-hybridized carbons (Fsp3) is 0.214. The number of hydrogen-bond acceptors (Lipinski definition) is 4. The molecule has 0 amide bonds. The van der Waals surface area contributed by atoms with Crippen LogP contribution in [0.25, 0.3) is 0 Å². The van der Waals surface area contributed by atoms with Crippen LogP contribution in [-0.4, -0.2) is 16.7 Å². The maximum absolute atomic E-state index is 9.98. The minimum Gasteiger partial charge on any atom is -0.493 e. The van der Waals surface area contributed by atoms with E-state index < -0.39 is 6.10 Å². The number of ether oxygens (including phenoxy) is 1. The van der Waals surface area contributed by atoms with Crippen molar-refractivity contribution in [3.05, 3.63) is 54.2 Å². The first-order valence-electron chi connectivity index (χ1n) is 5.83. The van der Waals surface area contributed by atoms with Gasteiger partial charge >= 0.3 is 0 Å². The molecule has 94 valence electrons. The van der Waals surface area contributed by atoms with E-state index in [-0.39, 0.29) is 0 Å². The predicted molar refractivity (Wildman–Crippen MR) is 70.2 cm³/mol. The second-order valence-corrected chi connectivity index (χ2v) is 3.94. The van der Waals surface area contributed by atoms with E-state index in [1.165, 1.54) is 0 Å². The first-order chi connectivity index (χ1) is 8.77. The molecule has 2 rings (SSSR count). The van der Waals surface area contributed by atoms with Crippen LogP contribution < -0.4 is 10.5 Å². The van der Waals surface area contributed by atoms with Crippen LogP contribution in [0, 0.1) is 0 Å². The minimum atomic E-state index is -0.651. The number of nitrogen functional groups attached to an aromatic ring is 1. The molecular weight excluding hydrogens is 228 g/mol. The molecule has 4 heteroatoms. The number of nitrogens with zero attached hydrogens (tertiary/aromatic N) is 1. The lowest BCUT2D eigenvalue weighted by Crippen LogP contribution is -2.08. The van der Waals surface area contributed by atoms with Crippen molar-refractivity contribution in [2.45, 2.75) is 12.5 Å². The van der Waals surface area contributed by atoms with Gasteiger partial charge in [-0.1, -0.05) is 24.3 Å². The Labute approximate surface area is 106 Å². The van der Waals surface area contributed by atoms with Gasteiger partial charge in [-0.25, -0.2) is 4.98 Å². The van der Waals surface area contributed by atoms with Crippen molar-refractivity contribution < 1.29 is 9.84 Å². The van der Waals surface area contributed by atoms with Gasteiger partial charge in [-0.2, -0.15) is 0 Å². The van der Waals surface area contributed by atoms with Crippen molar-refractivity contribution in [1.29, 1.82) is 0 Å². The molecule has 0 saturated carbocycles. The maximum atomic E-state index is 9.98.